The quantitative estimate of drug-likeness (QED) is 0.450. The Labute approximate surface area is 147 Å². The molecule has 0 atom stereocenters. The summed E-state index contributed by atoms with van der Waals surface area (Å²) in [7, 11) is 0. The number of nitrogens with zero attached hydrogens (tertiary/aromatic N) is 1. The molecule has 0 amide bonds. The first-order chi connectivity index (χ1) is 11.9. The largest absolute Gasteiger partial charge is 0.426 e. The van der Waals surface area contributed by atoms with E-state index in [1.807, 2.05) is 43.0 Å². The summed E-state index contributed by atoms with van der Waals surface area (Å²) in [6, 6.07) is 9.12. The van der Waals surface area contributed by atoms with Crippen molar-refractivity contribution >= 4 is 28.4 Å². The molecule has 0 spiro atoms. The summed E-state index contributed by atoms with van der Waals surface area (Å²) in [6.07, 6.45) is 0. The number of benzene rings is 2. The number of carbonyl (C=O) groups excluding carboxylic acids is 2. The van der Waals surface area contributed by atoms with Gasteiger partial charge in [0.25, 0.3) is 0 Å². The van der Waals surface area contributed by atoms with Crippen molar-refractivity contribution in [3.05, 3.63) is 42.5 Å². The summed E-state index contributed by atoms with van der Waals surface area (Å²) in [4.78, 5) is 25.7. The van der Waals surface area contributed by atoms with E-state index in [2.05, 4.69) is 6.58 Å². The number of ether oxygens (including phenoxy) is 2. The first-order valence-electron chi connectivity index (χ1n) is 8.25. The first kappa shape index (κ1) is 18.5. The van der Waals surface area contributed by atoms with Crippen LogP contribution in [0.4, 0.5) is 5.69 Å². The van der Waals surface area contributed by atoms with E-state index >= 15 is 0 Å². The first-order valence-corrected chi connectivity index (χ1v) is 8.25. The second-order valence-electron chi connectivity index (χ2n) is 5.70. The molecule has 0 unspecified atom stereocenters. The maximum Gasteiger partial charge on any atom is 0.338 e. The van der Waals surface area contributed by atoms with Crippen LogP contribution in [0.1, 0.15) is 27.7 Å². The van der Waals surface area contributed by atoms with Gasteiger partial charge in [0.05, 0.1) is 5.69 Å². The molecule has 0 saturated heterocycles. The lowest BCUT2D eigenvalue weighted by Crippen LogP contribution is -2.23. The zero-order valence-electron chi connectivity index (χ0n) is 15.1. The fourth-order valence-electron chi connectivity index (χ4n) is 2.63. The smallest absolute Gasteiger partial charge is 0.338 e. The minimum atomic E-state index is -0.487. The van der Waals surface area contributed by atoms with Crippen LogP contribution < -0.4 is 14.4 Å². The molecule has 25 heavy (non-hydrogen) atoms. The van der Waals surface area contributed by atoms with Gasteiger partial charge in [-0.15, -0.1) is 0 Å². The molecule has 0 aliphatic heterocycles. The highest BCUT2D eigenvalue weighted by Gasteiger charge is 2.21. The average Bonchev–Trinajstić information content (AvgIpc) is 2.58. The number of hydrogen-bond acceptors (Lipinski definition) is 5. The molecule has 0 radical (unpaired) electrons. The number of carbonyl (C=O) groups is 2. The van der Waals surface area contributed by atoms with Crippen LogP contribution in [0.15, 0.2) is 42.5 Å². The molecule has 0 N–H and O–H groups in total. The topological polar surface area (TPSA) is 55.8 Å². The van der Waals surface area contributed by atoms with E-state index in [9.17, 15) is 9.59 Å². The molecule has 2 aromatic carbocycles. The molecule has 0 aliphatic rings. The van der Waals surface area contributed by atoms with Gasteiger partial charge in [0, 0.05) is 42.4 Å². The molecule has 2 rings (SSSR count). The van der Waals surface area contributed by atoms with Crippen molar-refractivity contribution in [2.75, 3.05) is 18.0 Å². The summed E-state index contributed by atoms with van der Waals surface area (Å²) in [6.45, 7) is 12.1. The second kappa shape index (κ2) is 7.83. The van der Waals surface area contributed by atoms with Gasteiger partial charge in [-0.1, -0.05) is 30.8 Å². The molecular formula is C20H23NO4. The summed E-state index contributed by atoms with van der Waals surface area (Å²) >= 11 is 0. The van der Waals surface area contributed by atoms with Crippen LogP contribution in [0, 0.1) is 0 Å². The Bertz CT molecular complexity index is 822. The van der Waals surface area contributed by atoms with Crippen LogP contribution in [0.25, 0.3) is 10.8 Å². The Morgan fingerprint density at radius 3 is 2.16 bits per heavy atom. The van der Waals surface area contributed by atoms with E-state index in [1.54, 1.807) is 13.0 Å². The van der Waals surface area contributed by atoms with Crippen LogP contribution in [-0.4, -0.2) is 25.0 Å². The minimum Gasteiger partial charge on any atom is -0.426 e. The molecule has 5 heteroatoms. The van der Waals surface area contributed by atoms with Crippen molar-refractivity contribution in [3.8, 4) is 11.5 Å². The van der Waals surface area contributed by atoms with Gasteiger partial charge >= 0.3 is 11.9 Å². The van der Waals surface area contributed by atoms with Gasteiger partial charge < -0.3 is 14.4 Å². The molecule has 0 aliphatic carbocycles. The van der Waals surface area contributed by atoms with Crippen molar-refractivity contribution < 1.29 is 19.1 Å². The molecule has 2 aromatic rings. The molecule has 0 fully saturated rings. The maximum absolute atomic E-state index is 12.1. The van der Waals surface area contributed by atoms with Gasteiger partial charge in [-0.2, -0.15) is 0 Å². The van der Waals surface area contributed by atoms with Gasteiger partial charge in [-0.25, -0.2) is 4.79 Å². The molecule has 5 nitrogen and oxygen atoms in total. The summed E-state index contributed by atoms with van der Waals surface area (Å²) in [5, 5.41) is 1.41. The minimum absolute atomic E-state index is 0.318. The Morgan fingerprint density at radius 1 is 1.04 bits per heavy atom. The van der Waals surface area contributed by atoms with E-state index in [0.29, 0.717) is 46.6 Å². The SMILES string of the molecule is C=C(C)C(=O)Oc1c(N(CC)CC)cc(OC(C)=O)c2ccccc12. The van der Waals surface area contributed by atoms with Crippen LogP contribution in [-0.2, 0) is 9.59 Å². The second-order valence-corrected chi connectivity index (χ2v) is 5.70. The predicted molar refractivity (Wildman–Crippen MR) is 99.3 cm³/mol. The summed E-state index contributed by atoms with van der Waals surface area (Å²) < 4.78 is 11.0. The number of rotatable bonds is 6. The van der Waals surface area contributed by atoms with E-state index < -0.39 is 11.9 Å². The Kier molecular flexibility index (Phi) is 5.80. The number of anilines is 1. The van der Waals surface area contributed by atoms with Crippen molar-refractivity contribution in [3.63, 3.8) is 0 Å². The molecular weight excluding hydrogens is 318 g/mol. The molecule has 0 heterocycles. The lowest BCUT2D eigenvalue weighted by Gasteiger charge is -2.25. The van der Waals surface area contributed by atoms with Crippen LogP contribution in [0.3, 0.4) is 0 Å². The van der Waals surface area contributed by atoms with Gasteiger partial charge in [-0.3, -0.25) is 4.79 Å². The van der Waals surface area contributed by atoms with E-state index in [4.69, 9.17) is 9.47 Å². The Hall–Kier alpha value is -2.82. The maximum atomic E-state index is 12.1. The average molecular weight is 341 g/mol. The van der Waals surface area contributed by atoms with Gasteiger partial charge in [-0.05, 0) is 20.8 Å². The highest BCUT2D eigenvalue weighted by atomic mass is 16.5. The zero-order valence-corrected chi connectivity index (χ0v) is 15.1. The molecule has 132 valence electrons. The van der Waals surface area contributed by atoms with Gasteiger partial charge in [0.2, 0.25) is 0 Å². The van der Waals surface area contributed by atoms with Crippen molar-refractivity contribution in [1.82, 2.24) is 0 Å². The summed E-state index contributed by atoms with van der Waals surface area (Å²) in [5.41, 5.74) is 1.02. The lowest BCUT2D eigenvalue weighted by molar-refractivity contribution is -0.132. The van der Waals surface area contributed by atoms with E-state index in [0.717, 1.165) is 0 Å². The number of fused-ring (bicyclic) bond motifs is 1. The van der Waals surface area contributed by atoms with Crippen molar-refractivity contribution in [2.24, 2.45) is 0 Å². The van der Waals surface area contributed by atoms with Crippen molar-refractivity contribution in [2.45, 2.75) is 27.7 Å². The van der Waals surface area contributed by atoms with Gasteiger partial charge in [0.1, 0.15) is 5.75 Å². The third kappa shape index (κ3) is 3.99. The van der Waals surface area contributed by atoms with Gasteiger partial charge in [0.15, 0.2) is 5.75 Å². The summed E-state index contributed by atoms with van der Waals surface area (Å²) in [5.74, 6) is 0.00412. The monoisotopic (exact) mass is 341 g/mol. The molecule has 0 aromatic heterocycles. The van der Waals surface area contributed by atoms with Crippen LogP contribution in [0.2, 0.25) is 0 Å². The highest BCUT2D eigenvalue weighted by Crippen LogP contribution is 2.42. The third-order valence-corrected chi connectivity index (χ3v) is 3.84. The highest BCUT2D eigenvalue weighted by molar-refractivity contribution is 6.02. The van der Waals surface area contributed by atoms with Crippen LogP contribution in [0.5, 0.6) is 11.5 Å². The van der Waals surface area contributed by atoms with Crippen LogP contribution >= 0.6 is 0 Å². The zero-order chi connectivity index (χ0) is 18.6. The van der Waals surface area contributed by atoms with Crippen molar-refractivity contribution in [1.29, 1.82) is 0 Å². The Balaban J connectivity index is 2.77. The molecule has 0 saturated carbocycles. The predicted octanol–water partition coefficient (Wildman–Crippen LogP) is 4.09. The fourth-order valence-corrected chi connectivity index (χ4v) is 2.63. The number of hydrogen-bond donors (Lipinski definition) is 0. The number of esters is 2. The Morgan fingerprint density at radius 2 is 1.64 bits per heavy atom. The van der Waals surface area contributed by atoms with E-state index in [1.165, 1.54) is 6.92 Å². The third-order valence-electron chi connectivity index (χ3n) is 3.84. The standard InChI is InChI=1S/C20H23NO4/c1-6-21(7-2)17-12-18(24-14(5)22)15-10-8-9-11-16(15)19(17)25-20(23)13(3)4/h8-12H,3,6-7H2,1-2,4-5H3. The normalized spacial score (nSPS) is 10.4. The lowest BCUT2D eigenvalue weighted by atomic mass is 10.1. The fraction of sp³-hybridized carbons (Fsp3) is 0.300. The van der Waals surface area contributed by atoms with E-state index in [-0.39, 0.29) is 0 Å². The molecule has 0 bridgehead atoms.